The number of nitrogens with zero attached hydrogens (tertiary/aromatic N) is 1. The molecule has 0 aromatic heterocycles. The molecule has 2 fully saturated rings. The summed E-state index contributed by atoms with van der Waals surface area (Å²) in [6, 6.07) is 0.536. The van der Waals surface area contributed by atoms with Crippen LogP contribution in [0.2, 0.25) is 0 Å². The maximum absolute atomic E-state index is 12.0. The Morgan fingerprint density at radius 3 is 2.86 bits per heavy atom. The molecule has 0 aliphatic carbocycles. The van der Waals surface area contributed by atoms with Crippen LogP contribution in [0.5, 0.6) is 0 Å². The van der Waals surface area contributed by atoms with E-state index in [1.807, 2.05) is 4.90 Å². The third-order valence-electron chi connectivity index (χ3n) is 3.04. The number of amides is 1. The molecule has 4 heteroatoms. The highest BCUT2D eigenvalue weighted by Gasteiger charge is 2.28. The molecule has 0 aromatic carbocycles. The van der Waals surface area contributed by atoms with Crippen molar-refractivity contribution in [2.24, 2.45) is 0 Å². The highest BCUT2D eigenvalue weighted by atomic mass is 16.2. The topological polar surface area (TPSA) is 44.4 Å². The van der Waals surface area contributed by atoms with Crippen molar-refractivity contribution in [1.82, 2.24) is 15.5 Å². The van der Waals surface area contributed by atoms with Gasteiger partial charge in [0.1, 0.15) is 0 Å². The molecule has 2 N–H and O–H groups in total. The monoisotopic (exact) mass is 197 g/mol. The first kappa shape index (κ1) is 9.93. The minimum absolute atomic E-state index is 0.0975. The number of carbonyl (C=O) groups excluding carboxylic acids is 1. The van der Waals surface area contributed by atoms with Gasteiger partial charge in [-0.15, -0.1) is 0 Å². The van der Waals surface area contributed by atoms with E-state index in [1.165, 1.54) is 0 Å². The molecular weight excluding hydrogens is 178 g/mol. The number of nitrogens with one attached hydrogen (secondary N) is 2. The second-order valence-electron chi connectivity index (χ2n) is 4.29. The van der Waals surface area contributed by atoms with Crippen LogP contribution in [0, 0.1) is 0 Å². The summed E-state index contributed by atoms with van der Waals surface area (Å²) in [7, 11) is 0. The van der Waals surface area contributed by atoms with Crippen LogP contribution >= 0.6 is 0 Å². The Morgan fingerprint density at radius 1 is 1.36 bits per heavy atom. The van der Waals surface area contributed by atoms with Crippen LogP contribution < -0.4 is 10.6 Å². The van der Waals surface area contributed by atoms with Crippen molar-refractivity contribution < 1.29 is 4.79 Å². The van der Waals surface area contributed by atoms with Gasteiger partial charge in [-0.2, -0.15) is 0 Å². The molecular formula is C10H19N3O. The van der Waals surface area contributed by atoms with Crippen LogP contribution in [-0.2, 0) is 4.79 Å². The first-order chi connectivity index (χ1) is 6.77. The van der Waals surface area contributed by atoms with E-state index in [-0.39, 0.29) is 6.04 Å². The molecule has 4 nitrogen and oxygen atoms in total. The Hall–Kier alpha value is -0.610. The van der Waals surface area contributed by atoms with Crippen LogP contribution in [0.25, 0.3) is 0 Å². The largest absolute Gasteiger partial charge is 0.339 e. The van der Waals surface area contributed by atoms with Gasteiger partial charge in [0.05, 0.1) is 6.04 Å². The summed E-state index contributed by atoms with van der Waals surface area (Å²) in [5.74, 6) is 0.302. The zero-order valence-electron chi connectivity index (χ0n) is 8.75. The lowest BCUT2D eigenvalue weighted by atomic mass is 10.1. The maximum Gasteiger partial charge on any atom is 0.239 e. The number of carbonyl (C=O) groups is 1. The zero-order chi connectivity index (χ0) is 9.97. The molecule has 2 saturated heterocycles. The molecule has 1 amide bonds. The number of piperazine rings is 1. The van der Waals surface area contributed by atoms with Gasteiger partial charge in [-0.1, -0.05) is 0 Å². The Kier molecular flexibility index (Phi) is 3.03. The second kappa shape index (κ2) is 4.28. The van der Waals surface area contributed by atoms with Crippen molar-refractivity contribution in [3.63, 3.8) is 0 Å². The smallest absolute Gasteiger partial charge is 0.239 e. The minimum atomic E-state index is 0.0975. The van der Waals surface area contributed by atoms with E-state index >= 15 is 0 Å². The van der Waals surface area contributed by atoms with Crippen molar-refractivity contribution in [2.45, 2.75) is 31.8 Å². The average Bonchev–Trinajstić information content (AvgIpc) is 2.69. The first-order valence-corrected chi connectivity index (χ1v) is 5.53. The fourth-order valence-electron chi connectivity index (χ4n) is 2.25. The van der Waals surface area contributed by atoms with Crippen molar-refractivity contribution in [3.05, 3.63) is 0 Å². The number of hydrogen-bond donors (Lipinski definition) is 2. The van der Waals surface area contributed by atoms with Crippen LogP contribution in [0.3, 0.4) is 0 Å². The fourth-order valence-corrected chi connectivity index (χ4v) is 2.25. The first-order valence-electron chi connectivity index (χ1n) is 5.53. The molecule has 0 saturated carbocycles. The van der Waals surface area contributed by atoms with Gasteiger partial charge < -0.3 is 15.5 Å². The van der Waals surface area contributed by atoms with E-state index in [9.17, 15) is 4.79 Å². The molecule has 0 aromatic rings. The van der Waals surface area contributed by atoms with Gasteiger partial charge in [0, 0.05) is 25.7 Å². The van der Waals surface area contributed by atoms with Crippen LogP contribution in [-0.4, -0.2) is 49.1 Å². The fraction of sp³-hybridized carbons (Fsp3) is 0.900. The number of hydrogen-bond acceptors (Lipinski definition) is 3. The maximum atomic E-state index is 12.0. The van der Waals surface area contributed by atoms with Gasteiger partial charge in [-0.25, -0.2) is 0 Å². The van der Waals surface area contributed by atoms with Crippen LogP contribution in [0.1, 0.15) is 19.8 Å². The van der Waals surface area contributed by atoms with E-state index < -0.39 is 0 Å². The zero-order valence-corrected chi connectivity index (χ0v) is 8.75. The lowest BCUT2D eigenvalue weighted by molar-refractivity contribution is -0.134. The highest BCUT2D eigenvalue weighted by Crippen LogP contribution is 2.10. The van der Waals surface area contributed by atoms with Crippen molar-refractivity contribution >= 4 is 5.91 Å². The SMILES string of the molecule is C[C@H]1CN(C(=O)[C@@H]2CCCN2)CCN1. The summed E-state index contributed by atoms with van der Waals surface area (Å²) in [6.07, 6.45) is 2.15. The average molecular weight is 197 g/mol. The molecule has 2 aliphatic heterocycles. The normalized spacial score (nSPS) is 33.4. The van der Waals surface area contributed by atoms with Crippen LogP contribution in [0.4, 0.5) is 0 Å². The van der Waals surface area contributed by atoms with E-state index in [0.717, 1.165) is 39.0 Å². The third kappa shape index (κ3) is 2.07. The van der Waals surface area contributed by atoms with Gasteiger partial charge in [-0.05, 0) is 26.3 Å². The van der Waals surface area contributed by atoms with E-state index in [4.69, 9.17) is 0 Å². The predicted octanol–water partition coefficient (Wildman–Crippen LogP) is -0.441. The van der Waals surface area contributed by atoms with Gasteiger partial charge in [-0.3, -0.25) is 4.79 Å². The molecule has 2 aliphatic rings. The molecule has 80 valence electrons. The number of rotatable bonds is 1. The summed E-state index contributed by atoms with van der Waals surface area (Å²) in [6.45, 7) is 5.78. The van der Waals surface area contributed by atoms with E-state index in [1.54, 1.807) is 0 Å². The predicted molar refractivity (Wildman–Crippen MR) is 55.1 cm³/mol. The summed E-state index contributed by atoms with van der Waals surface area (Å²) >= 11 is 0. The van der Waals surface area contributed by atoms with Gasteiger partial charge in [0.15, 0.2) is 0 Å². The lowest BCUT2D eigenvalue weighted by Crippen LogP contribution is -2.55. The highest BCUT2D eigenvalue weighted by molar-refractivity contribution is 5.82. The van der Waals surface area contributed by atoms with Crippen molar-refractivity contribution in [1.29, 1.82) is 0 Å². The Balaban J connectivity index is 1.89. The molecule has 2 atom stereocenters. The quantitative estimate of drug-likeness (QED) is 0.599. The summed E-state index contributed by atoms with van der Waals surface area (Å²) in [5.41, 5.74) is 0. The van der Waals surface area contributed by atoms with E-state index in [0.29, 0.717) is 11.9 Å². The Labute approximate surface area is 85.0 Å². The summed E-state index contributed by atoms with van der Waals surface area (Å²) in [5, 5.41) is 6.60. The van der Waals surface area contributed by atoms with Gasteiger partial charge in [0.25, 0.3) is 0 Å². The van der Waals surface area contributed by atoms with Crippen molar-refractivity contribution in [3.8, 4) is 0 Å². The standard InChI is InChI=1S/C10H19N3O/c1-8-7-13(6-5-11-8)10(14)9-3-2-4-12-9/h8-9,11-12H,2-7H2,1H3/t8-,9-/m0/s1. The van der Waals surface area contributed by atoms with E-state index in [2.05, 4.69) is 17.6 Å². The molecule has 14 heavy (non-hydrogen) atoms. The van der Waals surface area contributed by atoms with Gasteiger partial charge in [0.2, 0.25) is 5.91 Å². The third-order valence-corrected chi connectivity index (χ3v) is 3.04. The molecule has 2 heterocycles. The van der Waals surface area contributed by atoms with Crippen LogP contribution in [0.15, 0.2) is 0 Å². The second-order valence-corrected chi connectivity index (χ2v) is 4.29. The molecule has 0 spiro atoms. The molecule has 2 rings (SSSR count). The summed E-state index contributed by atoms with van der Waals surface area (Å²) < 4.78 is 0. The van der Waals surface area contributed by atoms with Crippen molar-refractivity contribution in [2.75, 3.05) is 26.2 Å². The Morgan fingerprint density at radius 2 is 2.21 bits per heavy atom. The van der Waals surface area contributed by atoms with Gasteiger partial charge >= 0.3 is 0 Å². The Bertz CT molecular complexity index is 213. The lowest BCUT2D eigenvalue weighted by Gasteiger charge is -2.33. The molecule has 0 unspecified atom stereocenters. The molecule has 0 radical (unpaired) electrons. The minimum Gasteiger partial charge on any atom is -0.339 e. The molecule has 0 bridgehead atoms. The summed E-state index contributed by atoms with van der Waals surface area (Å²) in [4.78, 5) is 14.0.